The third kappa shape index (κ3) is 9.66. The molecule has 1 aromatic heterocycles. The van der Waals surface area contributed by atoms with E-state index in [1.54, 1.807) is 6.92 Å². The number of fused-ring (bicyclic) bond motifs is 1. The van der Waals surface area contributed by atoms with Gasteiger partial charge in [0.25, 0.3) is 0 Å². The topological polar surface area (TPSA) is 158 Å². The second-order valence-electron chi connectivity index (χ2n) is 13.2. The van der Waals surface area contributed by atoms with Crippen molar-refractivity contribution in [1.82, 2.24) is 15.6 Å². The van der Waals surface area contributed by atoms with Crippen molar-refractivity contribution in [1.29, 1.82) is 0 Å². The number of ether oxygens (including phenoxy) is 1. The molecule has 0 saturated heterocycles. The Kier molecular flexibility index (Phi) is 12.6. The number of carbonyl (C=O) groups is 4. The fourth-order valence-corrected chi connectivity index (χ4v) is 9.03. The first-order valence-corrected chi connectivity index (χ1v) is 18.0. The summed E-state index contributed by atoms with van der Waals surface area (Å²) in [4.78, 5) is 55.5. The van der Waals surface area contributed by atoms with Gasteiger partial charge in [0.2, 0.25) is 0 Å². The van der Waals surface area contributed by atoms with Crippen molar-refractivity contribution in [2.24, 2.45) is 5.92 Å². The average Bonchev–Trinajstić information content (AvgIpc) is 3.36. The molecule has 1 fully saturated rings. The first kappa shape index (κ1) is 35.8. The van der Waals surface area contributed by atoms with Gasteiger partial charge >= 0.3 is 268 Å². The minimum atomic E-state index is -1.58. The van der Waals surface area contributed by atoms with Crippen LogP contribution in [0.3, 0.4) is 0 Å². The number of rotatable bonds is 15. The Morgan fingerprint density at radius 1 is 1.09 bits per heavy atom. The number of carbonyl (C=O) groups excluding carboxylic acids is 3. The molecule has 0 spiro atoms. The Hall–Kier alpha value is -2.68. The SMILES string of the molecule is CCC(C)C(NC(=O)C(C)NC1(C(=O)OC(C)(C)C)CCCCC1)C(=O)[AsH][C@@H](Cc1c[nH]c2ccccc12)C(O)CC(=O)O. The van der Waals surface area contributed by atoms with Crippen molar-refractivity contribution < 1.29 is 34.1 Å². The maximum atomic E-state index is 13.9. The fourth-order valence-electron chi connectivity index (χ4n) is 5.81. The summed E-state index contributed by atoms with van der Waals surface area (Å²) < 4.78 is 5.06. The molecule has 3 rings (SSSR count). The van der Waals surface area contributed by atoms with Gasteiger partial charge in [-0.3, -0.25) is 0 Å². The van der Waals surface area contributed by atoms with E-state index in [4.69, 9.17) is 4.74 Å². The maximum absolute atomic E-state index is 13.9. The number of para-hydroxylation sites is 1. The van der Waals surface area contributed by atoms with Crippen LogP contribution in [-0.4, -0.2) is 82.7 Å². The summed E-state index contributed by atoms with van der Waals surface area (Å²) in [6.07, 6.45) is 5.00. The number of aromatic nitrogens is 1. The second kappa shape index (κ2) is 15.5. The third-order valence-corrected chi connectivity index (χ3v) is 11.7. The number of carboxylic acid groups (broad SMARTS) is 1. The summed E-state index contributed by atoms with van der Waals surface area (Å²) in [5, 5.41) is 27.6. The van der Waals surface area contributed by atoms with Gasteiger partial charge in [-0.15, -0.1) is 0 Å². The third-order valence-electron chi connectivity index (χ3n) is 8.47. The number of nitrogens with one attached hydrogen (secondary N) is 3. The summed E-state index contributed by atoms with van der Waals surface area (Å²) in [6, 6.07) is 6.16. The number of aromatic amines is 1. The van der Waals surface area contributed by atoms with Crippen LogP contribution >= 0.6 is 0 Å². The van der Waals surface area contributed by atoms with E-state index < -0.39 is 62.2 Å². The number of esters is 1. The quantitative estimate of drug-likeness (QED) is 0.141. The van der Waals surface area contributed by atoms with E-state index in [1.807, 2.05) is 65.1 Å². The van der Waals surface area contributed by atoms with Crippen LogP contribution in [0.4, 0.5) is 0 Å². The Morgan fingerprint density at radius 2 is 1.75 bits per heavy atom. The summed E-state index contributed by atoms with van der Waals surface area (Å²) in [5.41, 5.74) is 0.195. The predicted octanol–water partition coefficient (Wildman–Crippen LogP) is 3.85. The van der Waals surface area contributed by atoms with Crippen molar-refractivity contribution in [2.45, 2.75) is 127 Å². The molecule has 1 heterocycles. The minimum absolute atomic E-state index is 0.145. The zero-order chi connectivity index (χ0) is 32.7. The van der Waals surface area contributed by atoms with Crippen molar-refractivity contribution in [3.8, 4) is 0 Å². The number of benzene rings is 1. The summed E-state index contributed by atoms with van der Waals surface area (Å²) in [5.74, 6) is -2.06. The van der Waals surface area contributed by atoms with E-state index in [-0.39, 0.29) is 22.4 Å². The normalized spacial score (nSPS) is 18.8. The van der Waals surface area contributed by atoms with Crippen LogP contribution in [0, 0.1) is 5.92 Å². The van der Waals surface area contributed by atoms with Crippen LogP contribution in [0.2, 0.25) is 4.71 Å². The number of carboxylic acids is 1. The number of hydrogen-bond donors (Lipinski definition) is 5. The number of hydrogen-bond acceptors (Lipinski definition) is 7. The molecule has 1 aliphatic rings. The van der Waals surface area contributed by atoms with Crippen LogP contribution in [-0.2, 0) is 30.3 Å². The van der Waals surface area contributed by atoms with Crippen molar-refractivity contribution in [3.05, 3.63) is 36.0 Å². The molecule has 6 atom stereocenters. The molecule has 1 saturated carbocycles. The average molecular weight is 676 g/mol. The van der Waals surface area contributed by atoms with Crippen LogP contribution in [0.5, 0.6) is 0 Å². The molecular formula is C33H50AsN3O7. The van der Waals surface area contributed by atoms with Crippen molar-refractivity contribution >= 4 is 49.1 Å². The molecule has 1 amide bonds. The molecule has 10 nitrogen and oxygen atoms in total. The van der Waals surface area contributed by atoms with Gasteiger partial charge in [-0.25, -0.2) is 0 Å². The Labute approximate surface area is 267 Å². The monoisotopic (exact) mass is 675 g/mol. The van der Waals surface area contributed by atoms with Crippen molar-refractivity contribution in [3.63, 3.8) is 0 Å². The van der Waals surface area contributed by atoms with Crippen LogP contribution in [0.1, 0.15) is 92.1 Å². The molecule has 1 aromatic carbocycles. The summed E-state index contributed by atoms with van der Waals surface area (Å²) in [6.45, 7) is 11.0. The van der Waals surface area contributed by atoms with E-state index in [1.165, 1.54) is 0 Å². The van der Waals surface area contributed by atoms with E-state index in [0.29, 0.717) is 25.7 Å². The number of aliphatic hydroxyl groups excluding tert-OH is 1. The molecule has 11 heteroatoms. The van der Waals surface area contributed by atoms with Gasteiger partial charge in [0, 0.05) is 0 Å². The molecule has 5 N–H and O–H groups in total. The van der Waals surface area contributed by atoms with Gasteiger partial charge in [0.05, 0.1) is 0 Å². The van der Waals surface area contributed by atoms with E-state index in [2.05, 4.69) is 15.6 Å². The van der Waals surface area contributed by atoms with Crippen LogP contribution < -0.4 is 10.6 Å². The number of aliphatic hydroxyl groups is 1. The van der Waals surface area contributed by atoms with E-state index in [9.17, 15) is 29.4 Å². The molecule has 0 radical (unpaired) electrons. The first-order chi connectivity index (χ1) is 20.7. The van der Waals surface area contributed by atoms with Crippen molar-refractivity contribution in [2.75, 3.05) is 0 Å². The number of aliphatic carboxylic acids is 1. The van der Waals surface area contributed by atoms with Crippen LogP contribution in [0.25, 0.3) is 10.9 Å². The molecule has 1 aliphatic carbocycles. The molecule has 0 aliphatic heterocycles. The zero-order valence-electron chi connectivity index (χ0n) is 26.9. The number of H-pyrrole nitrogens is 1. The van der Waals surface area contributed by atoms with Gasteiger partial charge in [0.1, 0.15) is 0 Å². The zero-order valence-corrected chi connectivity index (χ0v) is 29.0. The molecule has 2 aromatic rings. The first-order valence-electron chi connectivity index (χ1n) is 15.7. The van der Waals surface area contributed by atoms with Gasteiger partial charge in [-0.1, -0.05) is 0 Å². The molecule has 44 heavy (non-hydrogen) atoms. The predicted molar refractivity (Wildman–Crippen MR) is 172 cm³/mol. The Morgan fingerprint density at radius 3 is 2.36 bits per heavy atom. The second-order valence-corrected chi connectivity index (χ2v) is 16.4. The van der Waals surface area contributed by atoms with Gasteiger partial charge in [-0.2, -0.15) is 0 Å². The van der Waals surface area contributed by atoms with E-state index in [0.717, 1.165) is 35.7 Å². The Balaban J connectivity index is 1.78. The Bertz CT molecular complexity index is 1300. The molecule has 0 bridgehead atoms. The number of amides is 1. The van der Waals surface area contributed by atoms with Gasteiger partial charge in [0.15, 0.2) is 0 Å². The fraction of sp³-hybridized carbons (Fsp3) is 0.636. The summed E-state index contributed by atoms with van der Waals surface area (Å²) in [7, 11) is 0. The van der Waals surface area contributed by atoms with E-state index >= 15 is 0 Å². The van der Waals surface area contributed by atoms with Gasteiger partial charge in [-0.05, 0) is 0 Å². The standard InChI is InChI=1S/C33H50AsN3O7/c1-7-20(2)28(36-30(42)21(3)37-33(15-11-8-12-16-33)31(43)44-32(4,5)6)29(41)34-24(26(38)18-27(39)40)17-22-19-35-25-14-10-9-13-23(22)25/h9-10,13-14,19-21,24,26,28,34-35,37-38H,7-8,11-12,15-18H2,1-6H3,(H,36,42)(H,39,40)/t20?,21?,24-,26?,28?/m0/s1. The van der Waals surface area contributed by atoms with Crippen LogP contribution in [0.15, 0.2) is 30.5 Å². The molecule has 5 unspecified atom stereocenters. The summed E-state index contributed by atoms with van der Waals surface area (Å²) >= 11 is -1.58. The molecule has 244 valence electrons. The molecular weight excluding hydrogens is 625 g/mol. The van der Waals surface area contributed by atoms with Gasteiger partial charge < -0.3 is 0 Å².